The third kappa shape index (κ3) is 4.91. The number of methoxy groups -OCH3 is 1. The van der Waals surface area contributed by atoms with Gasteiger partial charge in [0.15, 0.2) is 0 Å². The zero-order chi connectivity index (χ0) is 23.4. The summed E-state index contributed by atoms with van der Waals surface area (Å²) in [4.78, 5) is 15.5. The molecule has 178 valence electrons. The molecule has 2 aromatic rings. The molecule has 0 bridgehead atoms. The maximum Gasteiger partial charge on any atom is 0.293 e. The second-order valence-corrected chi connectivity index (χ2v) is 10.3. The van der Waals surface area contributed by atoms with Crippen LogP contribution in [-0.2, 0) is 10.0 Å². The highest BCUT2D eigenvalue weighted by Gasteiger charge is 2.30. The van der Waals surface area contributed by atoms with Gasteiger partial charge in [-0.15, -0.1) is 0 Å². The number of nitro benzene ring substituents is 1. The molecule has 2 fully saturated rings. The normalized spacial score (nSPS) is 18.1. The molecule has 2 aromatic carbocycles. The largest absolute Gasteiger partial charge is 0.495 e. The fourth-order valence-corrected chi connectivity index (χ4v) is 6.13. The summed E-state index contributed by atoms with van der Waals surface area (Å²) in [6.07, 6.45) is 3.64. The van der Waals surface area contributed by atoms with Crippen LogP contribution in [0.2, 0.25) is 0 Å². The minimum atomic E-state index is -3.75. The Morgan fingerprint density at radius 3 is 2.06 bits per heavy atom. The highest BCUT2D eigenvalue weighted by atomic mass is 32.2. The molecule has 0 N–H and O–H groups in total. The van der Waals surface area contributed by atoms with E-state index in [4.69, 9.17) is 4.74 Å². The molecule has 2 heterocycles. The van der Waals surface area contributed by atoms with Crippen molar-refractivity contribution in [1.82, 2.24) is 4.31 Å². The Bertz CT molecular complexity index is 1090. The van der Waals surface area contributed by atoms with Crippen LogP contribution in [-0.4, -0.2) is 64.0 Å². The van der Waals surface area contributed by atoms with Gasteiger partial charge in [-0.1, -0.05) is 25.0 Å². The number of anilines is 2. The molecule has 33 heavy (non-hydrogen) atoms. The minimum Gasteiger partial charge on any atom is -0.495 e. The molecule has 2 aliphatic rings. The second kappa shape index (κ2) is 9.96. The van der Waals surface area contributed by atoms with Crippen LogP contribution in [0.3, 0.4) is 0 Å². The summed E-state index contributed by atoms with van der Waals surface area (Å²) in [5.41, 5.74) is 1.28. The third-order valence-corrected chi connectivity index (χ3v) is 8.29. The van der Waals surface area contributed by atoms with Gasteiger partial charge in [-0.2, -0.15) is 4.31 Å². The van der Waals surface area contributed by atoms with Crippen molar-refractivity contribution in [2.75, 3.05) is 56.2 Å². The maximum absolute atomic E-state index is 13.1. The SMILES string of the molecule is COc1ccccc1N1CCN(c2ccc(S(=O)(=O)N3CCCCCC3)cc2[N+](=O)[O-])CC1. The predicted molar refractivity (Wildman–Crippen MR) is 128 cm³/mol. The van der Waals surface area contributed by atoms with E-state index in [0.29, 0.717) is 45.0 Å². The standard InChI is InChI=1S/C23H30N4O5S/c1-32-23-9-5-4-8-21(23)25-16-14-24(15-17-25)20-11-10-19(18-22(20)27(28)29)33(30,31)26-12-6-2-3-7-13-26/h4-5,8-11,18H,2-3,6-7,12-17H2,1H3. The number of ether oxygens (including phenoxy) is 1. The van der Waals surface area contributed by atoms with E-state index in [1.807, 2.05) is 29.2 Å². The Kier molecular flexibility index (Phi) is 7.04. The van der Waals surface area contributed by atoms with E-state index < -0.39 is 14.9 Å². The lowest BCUT2D eigenvalue weighted by molar-refractivity contribution is -0.384. The van der Waals surface area contributed by atoms with Gasteiger partial charge in [0.25, 0.3) is 5.69 Å². The molecule has 0 aromatic heterocycles. The van der Waals surface area contributed by atoms with Crippen LogP contribution in [0, 0.1) is 10.1 Å². The van der Waals surface area contributed by atoms with E-state index in [1.165, 1.54) is 16.4 Å². The molecule has 0 amide bonds. The molecule has 0 saturated carbocycles. The smallest absolute Gasteiger partial charge is 0.293 e. The predicted octanol–water partition coefficient (Wildman–Crippen LogP) is 3.49. The molecule has 0 unspecified atom stereocenters. The van der Waals surface area contributed by atoms with E-state index in [2.05, 4.69) is 4.90 Å². The molecular weight excluding hydrogens is 444 g/mol. The lowest BCUT2D eigenvalue weighted by atomic mass is 10.2. The van der Waals surface area contributed by atoms with Gasteiger partial charge in [-0.3, -0.25) is 10.1 Å². The first-order chi connectivity index (χ1) is 15.9. The molecular formula is C23H30N4O5S. The summed E-state index contributed by atoms with van der Waals surface area (Å²) >= 11 is 0. The Hall–Kier alpha value is -2.85. The zero-order valence-electron chi connectivity index (χ0n) is 18.9. The number of sulfonamides is 1. The summed E-state index contributed by atoms with van der Waals surface area (Å²) in [6.45, 7) is 3.43. The molecule has 2 aliphatic heterocycles. The van der Waals surface area contributed by atoms with Crippen molar-refractivity contribution in [3.05, 3.63) is 52.6 Å². The highest BCUT2D eigenvalue weighted by molar-refractivity contribution is 7.89. The van der Waals surface area contributed by atoms with Crippen LogP contribution in [0.5, 0.6) is 5.75 Å². The summed E-state index contributed by atoms with van der Waals surface area (Å²) in [5.74, 6) is 0.792. The van der Waals surface area contributed by atoms with E-state index >= 15 is 0 Å². The molecule has 10 heteroatoms. The Morgan fingerprint density at radius 1 is 0.848 bits per heavy atom. The molecule has 0 atom stereocenters. The molecule has 0 aliphatic carbocycles. The lowest BCUT2D eigenvalue weighted by Crippen LogP contribution is -2.46. The number of nitrogens with zero attached hydrogens (tertiary/aromatic N) is 4. The number of para-hydroxylation sites is 2. The second-order valence-electron chi connectivity index (χ2n) is 8.37. The maximum atomic E-state index is 13.1. The summed E-state index contributed by atoms with van der Waals surface area (Å²) in [6, 6.07) is 12.1. The van der Waals surface area contributed by atoms with Crippen LogP contribution in [0.1, 0.15) is 25.7 Å². The molecule has 0 radical (unpaired) electrons. The van der Waals surface area contributed by atoms with E-state index in [0.717, 1.165) is 37.1 Å². The lowest BCUT2D eigenvalue weighted by Gasteiger charge is -2.37. The molecule has 0 spiro atoms. The van der Waals surface area contributed by atoms with Gasteiger partial charge in [-0.05, 0) is 37.1 Å². The van der Waals surface area contributed by atoms with Crippen LogP contribution in [0.25, 0.3) is 0 Å². The van der Waals surface area contributed by atoms with E-state index in [-0.39, 0.29) is 10.6 Å². The van der Waals surface area contributed by atoms with Gasteiger partial charge in [0.05, 0.1) is 22.6 Å². The van der Waals surface area contributed by atoms with Gasteiger partial charge in [0.2, 0.25) is 10.0 Å². The van der Waals surface area contributed by atoms with E-state index in [9.17, 15) is 18.5 Å². The van der Waals surface area contributed by atoms with Crippen molar-refractivity contribution < 1.29 is 18.1 Å². The first-order valence-electron chi connectivity index (χ1n) is 11.3. The number of rotatable bonds is 6. The Balaban J connectivity index is 1.55. The summed E-state index contributed by atoms with van der Waals surface area (Å²) in [5, 5.41) is 11.9. The van der Waals surface area contributed by atoms with Crippen molar-refractivity contribution in [3.63, 3.8) is 0 Å². The first-order valence-corrected chi connectivity index (χ1v) is 12.8. The first kappa shape index (κ1) is 23.3. The van der Waals surface area contributed by atoms with Crippen molar-refractivity contribution in [2.45, 2.75) is 30.6 Å². The number of benzene rings is 2. The summed E-state index contributed by atoms with van der Waals surface area (Å²) in [7, 11) is -2.11. The highest BCUT2D eigenvalue weighted by Crippen LogP contribution is 2.34. The third-order valence-electron chi connectivity index (χ3n) is 6.39. The Labute approximate surface area is 194 Å². The van der Waals surface area contributed by atoms with Gasteiger partial charge >= 0.3 is 0 Å². The fourth-order valence-electron chi connectivity index (χ4n) is 4.59. The monoisotopic (exact) mass is 474 g/mol. The molecule has 4 rings (SSSR count). The van der Waals surface area contributed by atoms with Crippen molar-refractivity contribution in [1.29, 1.82) is 0 Å². The van der Waals surface area contributed by atoms with Crippen molar-refractivity contribution in [3.8, 4) is 5.75 Å². The van der Waals surface area contributed by atoms with E-state index in [1.54, 1.807) is 13.2 Å². The minimum absolute atomic E-state index is 0.00694. The van der Waals surface area contributed by atoms with Crippen LogP contribution < -0.4 is 14.5 Å². The fraction of sp³-hybridized carbons (Fsp3) is 0.478. The zero-order valence-corrected chi connectivity index (χ0v) is 19.7. The van der Waals surface area contributed by atoms with Crippen molar-refractivity contribution in [2.24, 2.45) is 0 Å². The molecule has 2 saturated heterocycles. The van der Waals surface area contributed by atoms with Gasteiger partial charge in [-0.25, -0.2) is 8.42 Å². The van der Waals surface area contributed by atoms with Crippen LogP contribution >= 0.6 is 0 Å². The van der Waals surface area contributed by atoms with Gasteiger partial charge in [0.1, 0.15) is 11.4 Å². The van der Waals surface area contributed by atoms with Crippen molar-refractivity contribution >= 4 is 27.1 Å². The summed E-state index contributed by atoms with van der Waals surface area (Å²) < 4.78 is 33.2. The van der Waals surface area contributed by atoms with Crippen LogP contribution in [0.4, 0.5) is 17.1 Å². The number of hydrogen-bond acceptors (Lipinski definition) is 7. The number of nitro groups is 1. The number of piperazine rings is 1. The van der Waals surface area contributed by atoms with Crippen LogP contribution in [0.15, 0.2) is 47.4 Å². The quantitative estimate of drug-likeness (QED) is 0.467. The van der Waals surface area contributed by atoms with Gasteiger partial charge in [0, 0.05) is 45.3 Å². The topological polar surface area (TPSA) is 96.2 Å². The average Bonchev–Trinajstić information content (AvgIpc) is 3.14. The Morgan fingerprint density at radius 2 is 1.45 bits per heavy atom. The molecule has 9 nitrogen and oxygen atoms in total. The van der Waals surface area contributed by atoms with Gasteiger partial charge < -0.3 is 14.5 Å². The number of hydrogen-bond donors (Lipinski definition) is 0. The average molecular weight is 475 g/mol.